The molecule has 0 aliphatic rings. The number of carboxylic acid groups (broad SMARTS) is 1. The van der Waals surface area contributed by atoms with Crippen LogP contribution in [0.5, 0.6) is 0 Å². The summed E-state index contributed by atoms with van der Waals surface area (Å²) >= 11 is 3.32. The maximum atomic E-state index is 13.0. The number of carbonyl (C=O) groups is 3. The lowest BCUT2D eigenvalue weighted by Gasteiger charge is -2.17. The number of halogens is 1. The fourth-order valence-electron chi connectivity index (χ4n) is 2.98. The van der Waals surface area contributed by atoms with Crippen LogP contribution in [0.15, 0.2) is 95.1 Å². The van der Waals surface area contributed by atoms with Crippen LogP contribution in [0.2, 0.25) is 0 Å². The van der Waals surface area contributed by atoms with Crippen LogP contribution in [-0.2, 0) is 16.0 Å². The molecule has 3 rings (SSSR count). The Balaban J connectivity index is 1.84. The van der Waals surface area contributed by atoms with Gasteiger partial charge in [-0.3, -0.25) is 9.59 Å². The number of aliphatic carboxylic acids is 1. The third-order valence-electron chi connectivity index (χ3n) is 4.58. The molecule has 0 saturated heterocycles. The van der Waals surface area contributed by atoms with Crippen LogP contribution >= 0.6 is 15.9 Å². The van der Waals surface area contributed by atoms with E-state index in [-0.39, 0.29) is 12.1 Å². The largest absolute Gasteiger partial charge is 0.480 e. The van der Waals surface area contributed by atoms with Crippen molar-refractivity contribution in [1.29, 1.82) is 0 Å². The van der Waals surface area contributed by atoms with Gasteiger partial charge in [0.15, 0.2) is 0 Å². The maximum absolute atomic E-state index is 13.0. The fraction of sp³-hybridized carbons (Fsp3) is 0.0800. The molecule has 6 nitrogen and oxygen atoms in total. The summed E-state index contributed by atoms with van der Waals surface area (Å²) in [6, 6.07) is 23.6. The Labute approximate surface area is 194 Å². The molecule has 3 aromatic carbocycles. The molecule has 3 aromatic rings. The highest BCUT2D eigenvalue weighted by atomic mass is 79.9. The van der Waals surface area contributed by atoms with Crippen molar-refractivity contribution >= 4 is 39.8 Å². The predicted octanol–water partition coefficient (Wildman–Crippen LogP) is 4.03. The van der Waals surface area contributed by atoms with Crippen molar-refractivity contribution in [2.45, 2.75) is 12.5 Å². The summed E-state index contributed by atoms with van der Waals surface area (Å²) in [5.41, 5.74) is 1.75. The molecule has 0 heterocycles. The molecule has 0 aliphatic carbocycles. The van der Waals surface area contributed by atoms with E-state index in [2.05, 4.69) is 26.6 Å². The molecular weight excluding hydrogens is 472 g/mol. The molecule has 32 heavy (non-hydrogen) atoms. The molecule has 0 aromatic heterocycles. The van der Waals surface area contributed by atoms with Gasteiger partial charge in [0.2, 0.25) is 0 Å². The van der Waals surface area contributed by atoms with E-state index in [0.717, 1.165) is 10.0 Å². The summed E-state index contributed by atoms with van der Waals surface area (Å²) in [5.74, 6) is -2.35. The molecule has 162 valence electrons. The van der Waals surface area contributed by atoms with Gasteiger partial charge in [0.1, 0.15) is 11.7 Å². The van der Waals surface area contributed by atoms with Gasteiger partial charge in [0.05, 0.1) is 0 Å². The van der Waals surface area contributed by atoms with Crippen molar-refractivity contribution in [1.82, 2.24) is 10.6 Å². The smallest absolute Gasteiger partial charge is 0.326 e. The SMILES string of the molecule is O=C(NC(Cc1ccccc1)C(=O)O)C(=Cc1ccccc1)NC(=O)c1cccc(Br)c1. The first-order valence-electron chi connectivity index (χ1n) is 9.83. The average molecular weight is 493 g/mol. The Morgan fingerprint density at radius 1 is 0.906 bits per heavy atom. The van der Waals surface area contributed by atoms with E-state index in [1.165, 1.54) is 6.08 Å². The van der Waals surface area contributed by atoms with Crippen LogP contribution < -0.4 is 10.6 Å². The van der Waals surface area contributed by atoms with Crippen LogP contribution in [0.3, 0.4) is 0 Å². The molecule has 0 radical (unpaired) electrons. The van der Waals surface area contributed by atoms with E-state index in [9.17, 15) is 19.5 Å². The first kappa shape index (κ1) is 23.0. The fourth-order valence-corrected chi connectivity index (χ4v) is 3.38. The zero-order valence-corrected chi connectivity index (χ0v) is 18.6. The monoisotopic (exact) mass is 492 g/mol. The lowest BCUT2D eigenvalue weighted by molar-refractivity contribution is -0.141. The molecule has 0 fully saturated rings. The number of rotatable bonds is 8. The Hall–Kier alpha value is -3.71. The molecular formula is C25H21BrN2O4. The van der Waals surface area contributed by atoms with Gasteiger partial charge < -0.3 is 15.7 Å². The third-order valence-corrected chi connectivity index (χ3v) is 5.07. The van der Waals surface area contributed by atoms with Crippen molar-refractivity contribution < 1.29 is 19.5 Å². The number of amides is 2. The lowest BCUT2D eigenvalue weighted by Crippen LogP contribution is -2.45. The zero-order valence-electron chi connectivity index (χ0n) is 17.0. The maximum Gasteiger partial charge on any atom is 0.326 e. The Morgan fingerprint density at radius 2 is 1.56 bits per heavy atom. The first-order valence-corrected chi connectivity index (χ1v) is 10.6. The first-order chi connectivity index (χ1) is 15.4. The summed E-state index contributed by atoms with van der Waals surface area (Å²) in [6.45, 7) is 0. The van der Waals surface area contributed by atoms with E-state index >= 15 is 0 Å². The molecule has 0 aliphatic heterocycles. The number of carboxylic acids is 1. The molecule has 3 N–H and O–H groups in total. The number of benzene rings is 3. The van der Waals surface area contributed by atoms with Gasteiger partial charge in [-0.2, -0.15) is 0 Å². The van der Waals surface area contributed by atoms with Crippen LogP contribution in [0.25, 0.3) is 6.08 Å². The molecule has 0 spiro atoms. The van der Waals surface area contributed by atoms with Crippen LogP contribution in [0.1, 0.15) is 21.5 Å². The summed E-state index contributed by atoms with van der Waals surface area (Å²) in [7, 11) is 0. The molecule has 1 atom stereocenters. The van der Waals surface area contributed by atoms with Crippen LogP contribution in [0, 0.1) is 0 Å². The van der Waals surface area contributed by atoms with Crippen molar-refractivity contribution in [2.24, 2.45) is 0 Å². The lowest BCUT2D eigenvalue weighted by atomic mass is 10.1. The number of hydrogen-bond donors (Lipinski definition) is 3. The normalized spacial score (nSPS) is 12.0. The minimum absolute atomic E-state index is 0.0551. The van der Waals surface area contributed by atoms with Crippen molar-refractivity contribution in [3.63, 3.8) is 0 Å². The van der Waals surface area contributed by atoms with Crippen LogP contribution in [0.4, 0.5) is 0 Å². The second-order valence-corrected chi connectivity index (χ2v) is 7.90. The van der Waals surface area contributed by atoms with E-state index in [0.29, 0.717) is 11.1 Å². The highest BCUT2D eigenvalue weighted by molar-refractivity contribution is 9.10. The summed E-state index contributed by atoms with van der Waals surface area (Å²) in [4.78, 5) is 37.5. The summed E-state index contributed by atoms with van der Waals surface area (Å²) < 4.78 is 0.719. The number of carbonyl (C=O) groups excluding carboxylic acids is 2. The van der Waals surface area contributed by atoms with Crippen molar-refractivity contribution in [3.05, 3.63) is 112 Å². The van der Waals surface area contributed by atoms with Gasteiger partial charge in [-0.15, -0.1) is 0 Å². The highest BCUT2D eigenvalue weighted by Gasteiger charge is 2.23. The van der Waals surface area contributed by atoms with Crippen molar-refractivity contribution in [3.8, 4) is 0 Å². The van der Waals surface area contributed by atoms with Crippen molar-refractivity contribution in [2.75, 3.05) is 0 Å². The molecule has 0 bridgehead atoms. The zero-order chi connectivity index (χ0) is 22.9. The average Bonchev–Trinajstić information content (AvgIpc) is 2.79. The summed E-state index contributed by atoms with van der Waals surface area (Å²) in [6.07, 6.45) is 1.62. The van der Waals surface area contributed by atoms with Gasteiger partial charge in [0, 0.05) is 16.5 Å². The molecule has 7 heteroatoms. The second-order valence-electron chi connectivity index (χ2n) is 6.99. The van der Waals surface area contributed by atoms with E-state index < -0.39 is 23.8 Å². The van der Waals surface area contributed by atoms with E-state index in [1.807, 2.05) is 12.1 Å². The standard InChI is InChI=1S/C25H21BrN2O4/c26-20-13-7-12-19(16-20)23(29)27-21(14-17-8-3-1-4-9-17)24(30)28-22(25(31)32)15-18-10-5-2-6-11-18/h1-14,16,22H,15H2,(H,27,29)(H,28,30)(H,31,32). The number of hydrogen-bond acceptors (Lipinski definition) is 3. The number of nitrogens with one attached hydrogen (secondary N) is 2. The predicted molar refractivity (Wildman–Crippen MR) is 126 cm³/mol. The minimum Gasteiger partial charge on any atom is -0.480 e. The Kier molecular flexibility index (Phi) is 7.94. The topological polar surface area (TPSA) is 95.5 Å². The Bertz CT molecular complexity index is 1130. The highest BCUT2D eigenvalue weighted by Crippen LogP contribution is 2.13. The molecule has 2 amide bonds. The summed E-state index contributed by atoms with van der Waals surface area (Å²) in [5, 5.41) is 14.8. The van der Waals surface area contributed by atoms with Gasteiger partial charge >= 0.3 is 5.97 Å². The van der Waals surface area contributed by atoms with Gasteiger partial charge in [0.25, 0.3) is 11.8 Å². The quantitative estimate of drug-likeness (QED) is 0.413. The van der Waals surface area contributed by atoms with Gasteiger partial charge in [-0.1, -0.05) is 82.7 Å². The van der Waals surface area contributed by atoms with Gasteiger partial charge in [-0.05, 0) is 35.4 Å². The molecule has 1 unspecified atom stereocenters. The second kappa shape index (κ2) is 11.1. The van der Waals surface area contributed by atoms with E-state index in [4.69, 9.17) is 0 Å². The minimum atomic E-state index is -1.17. The molecule has 0 saturated carbocycles. The van der Waals surface area contributed by atoms with Gasteiger partial charge in [-0.25, -0.2) is 4.79 Å². The van der Waals surface area contributed by atoms with E-state index in [1.54, 1.807) is 72.8 Å². The Morgan fingerprint density at radius 3 is 2.19 bits per heavy atom. The van der Waals surface area contributed by atoms with Crippen LogP contribution in [-0.4, -0.2) is 28.9 Å². The third kappa shape index (κ3) is 6.65.